The Labute approximate surface area is 115 Å². The van der Waals surface area contributed by atoms with Crippen LogP contribution in [-0.2, 0) is 0 Å². The van der Waals surface area contributed by atoms with E-state index in [0.717, 1.165) is 5.69 Å². The number of ether oxygens (including phenoxy) is 1. The molecule has 98 valence electrons. The second-order valence-corrected chi connectivity index (χ2v) is 3.57. The number of tetrazole rings is 1. The van der Waals surface area contributed by atoms with E-state index in [-0.39, 0.29) is 18.0 Å². The Morgan fingerprint density at radius 3 is 3.15 bits per heavy atom. The molecule has 1 aromatic heterocycles. The van der Waals surface area contributed by atoms with Crippen LogP contribution in [0.3, 0.4) is 0 Å². The molecule has 1 heterocycles. The highest BCUT2D eigenvalue weighted by Crippen LogP contribution is 2.18. The molecule has 0 bridgehead atoms. The number of nitrogens with zero attached hydrogens (tertiary/aromatic N) is 4. The van der Waals surface area contributed by atoms with Crippen LogP contribution in [0.4, 0.5) is 5.69 Å². The fourth-order valence-corrected chi connectivity index (χ4v) is 1.38. The van der Waals surface area contributed by atoms with Crippen molar-refractivity contribution in [2.45, 2.75) is 0 Å². The number of benzene rings is 1. The Morgan fingerprint density at radius 2 is 2.45 bits per heavy atom. The summed E-state index contributed by atoms with van der Waals surface area (Å²) >= 11 is 0. The number of H-pyrrole nitrogens is 1. The van der Waals surface area contributed by atoms with Crippen LogP contribution in [0.25, 0.3) is 5.57 Å². The van der Waals surface area contributed by atoms with E-state index in [0.29, 0.717) is 5.75 Å². The zero-order chi connectivity index (χ0) is 14.2. The van der Waals surface area contributed by atoms with Crippen LogP contribution in [0, 0.1) is 23.7 Å². The van der Waals surface area contributed by atoms with Crippen molar-refractivity contribution in [2.24, 2.45) is 0 Å². The van der Waals surface area contributed by atoms with E-state index >= 15 is 0 Å². The molecule has 7 heteroatoms. The van der Waals surface area contributed by atoms with E-state index in [1.165, 1.54) is 6.20 Å². The van der Waals surface area contributed by atoms with E-state index in [4.69, 9.17) is 16.4 Å². The smallest absolute Gasteiger partial charge is 0.216 e. The maximum Gasteiger partial charge on any atom is 0.216 e. The highest BCUT2D eigenvalue weighted by Gasteiger charge is 2.05. The molecule has 2 aromatic rings. The lowest BCUT2D eigenvalue weighted by molar-refractivity contribution is 0.370. The predicted octanol–water partition coefficient (Wildman–Crippen LogP) is 1.19. The van der Waals surface area contributed by atoms with Gasteiger partial charge in [0.1, 0.15) is 24.0 Å². The molecule has 7 nitrogen and oxygen atoms in total. The summed E-state index contributed by atoms with van der Waals surface area (Å²) in [5.74, 6) is 3.25. The second kappa shape index (κ2) is 6.57. The lowest BCUT2D eigenvalue weighted by Gasteiger charge is -2.05. The predicted molar refractivity (Wildman–Crippen MR) is 72.2 cm³/mol. The molecule has 20 heavy (non-hydrogen) atoms. The lowest BCUT2D eigenvalue weighted by Crippen LogP contribution is -1.96. The first-order chi connectivity index (χ1) is 9.83. The van der Waals surface area contributed by atoms with Crippen LogP contribution < -0.4 is 10.1 Å². The molecule has 0 atom stereocenters. The van der Waals surface area contributed by atoms with E-state index < -0.39 is 0 Å². The highest BCUT2D eigenvalue weighted by molar-refractivity contribution is 5.74. The van der Waals surface area contributed by atoms with E-state index in [1.54, 1.807) is 12.1 Å². The number of nitriles is 1. The summed E-state index contributed by atoms with van der Waals surface area (Å²) in [6.45, 7) is 0.200. The molecule has 0 saturated heterocycles. The molecule has 2 rings (SSSR count). The van der Waals surface area contributed by atoms with Gasteiger partial charge in [-0.15, -0.1) is 16.6 Å². The third-order valence-corrected chi connectivity index (χ3v) is 2.25. The number of aromatic nitrogens is 4. The summed E-state index contributed by atoms with van der Waals surface area (Å²) in [6.07, 6.45) is 6.62. The first-order valence-electron chi connectivity index (χ1n) is 5.60. The molecule has 0 radical (unpaired) electrons. The van der Waals surface area contributed by atoms with Crippen LogP contribution in [0.1, 0.15) is 5.82 Å². The SMILES string of the molecule is C#CCOc1cccc(NC=C(C#N)c2nn[nH]n2)c1. The van der Waals surface area contributed by atoms with Gasteiger partial charge in [-0.25, -0.2) is 0 Å². The van der Waals surface area contributed by atoms with Gasteiger partial charge in [-0.05, 0) is 17.3 Å². The monoisotopic (exact) mass is 266 g/mol. The molecule has 0 fully saturated rings. The highest BCUT2D eigenvalue weighted by atomic mass is 16.5. The average molecular weight is 266 g/mol. The fourth-order valence-electron chi connectivity index (χ4n) is 1.38. The van der Waals surface area contributed by atoms with Gasteiger partial charge >= 0.3 is 0 Å². The molecule has 0 saturated carbocycles. The standard InChI is InChI=1S/C13H10N6O/c1-2-6-20-12-5-3-4-11(7-12)15-9-10(8-14)13-16-18-19-17-13/h1,3-5,7,9,15H,6H2,(H,16,17,18,19). The van der Waals surface area contributed by atoms with Gasteiger partial charge in [-0.3, -0.25) is 0 Å². The number of anilines is 1. The van der Waals surface area contributed by atoms with Gasteiger partial charge in [-0.2, -0.15) is 10.5 Å². The zero-order valence-electron chi connectivity index (χ0n) is 10.4. The van der Waals surface area contributed by atoms with Gasteiger partial charge in [0.25, 0.3) is 0 Å². The largest absolute Gasteiger partial charge is 0.481 e. The maximum atomic E-state index is 9.02. The van der Waals surface area contributed by atoms with Gasteiger partial charge in [0, 0.05) is 18.0 Å². The van der Waals surface area contributed by atoms with Crippen molar-refractivity contribution in [3.05, 3.63) is 36.3 Å². The van der Waals surface area contributed by atoms with Gasteiger partial charge in [0.05, 0.1) is 0 Å². The lowest BCUT2D eigenvalue weighted by atomic mass is 10.2. The van der Waals surface area contributed by atoms with Crippen LogP contribution >= 0.6 is 0 Å². The van der Waals surface area contributed by atoms with Crippen molar-refractivity contribution in [3.63, 3.8) is 0 Å². The van der Waals surface area contributed by atoms with Crippen LogP contribution in [-0.4, -0.2) is 27.2 Å². The Kier molecular flexibility index (Phi) is 4.31. The van der Waals surface area contributed by atoms with Crippen LogP contribution in [0.2, 0.25) is 0 Å². The third-order valence-electron chi connectivity index (χ3n) is 2.25. The zero-order valence-corrected chi connectivity index (χ0v) is 10.4. The maximum absolute atomic E-state index is 9.02. The summed E-state index contributed by atoms with van der Waals surface area (Å²) < 4.78 is 5.30. The third kappa shape index (κ3) is 3.34. The molecule has 0 amide bonds. The van der Waals surface area contributed by atoms with Gasteiger partial charge in [0.15, 0.2) is 0 Å². The number of aromatic amines is 1. The van der Waals surface area contributed by atoms with Crippen LogP contribution in [0.5, 0.6) is 5.75 Å². The summed E-state index contributed by atoms with van der Waals surface area (Å²) in [4.78, 5) is 0. The number of rotatable bonds is 5. The minimum absolute atomic E-state index is 0.200. The van der Waals surface area contributed by atoms with Crippen LogP contribution in [0.15, 0.2) is 30.5 Å². The molecule has 1 aromatic carbocycles. The molecule has 0 aliphatic rings. The Balaban J connectivity index is 2.10. The molecule has 0 spiro atoms. The first-order valence-corrected chi connectivity index (χ1v) is 5.60. The van der Waals surface area contributed by atoms with E-state index in [1.807, 2.05) is 18.2 Å². The Hall–Kier alpha value is -3.32. The summed E-state index contributed by atoms with van der Waals surface area (Å²) in [6, 6.07) is 9.16. The van der Waals surface area contributed by atoms with Crippen molar-refractivity contribution in [1.82, 2.24) is 20.6 Å². The quantitative estimate of drug-likeness (QED) is 0.623. The minimum Gasteiger partial charge on any atom is -0.481 e. The number of hydrogen-bond donors (Lipinski definition) is 2. The second-order valence-electron chi connectivity index (χ2n) is 3.57. The average Bonchev–Trinajstić information content (AvgIpc) is 3.00. The molecular weight excluding hydrogens is 256 g/mol. The minimum atomic E-state index is 0.200. The summed E-state index contributed by atoms with van der Waals surface area (Å²) in [5.41, 5.74) is 1.00. The van der Waals surface area contributed by atoms with Crippen molar-refractivity contribution in [1.29, 1.82) is 5.26 Å². The Morgan fingerprint density at radius 1 is 1.55 bits per heavy atom. The van der Waals surface area contributed by atoms with Gasteiger partial charge in [-0.1, -0.05) is 12.0 Å². The number of allylic oxidation sites excluding steroid dienone is 1. The van der Waals surface area contributed by atoms with Crippen molar-refractivity contribution in [3.8, 4) is 24.2 Å². The normalized spacial score (nSPS) is 10.4. The van der Waals surface area contributed by atoms with Crippen molar-refractivity contribution in [2.75, 3.05) is 11.9 Å². The van der Waals surface area contributed by atoms with E-state index in [9.17, 15) is 0 Å². The number of hydrogen-bond acceptors (Lipinski definition) is 6. The van der Waals surface area contributed by atoms with E-state index in [2.05, 4.69) is 31.9 Å². The fraction of sp³-hybridized carbons (Fsp3) is 0.0769. The molecule has 0 aliphatic carbocycles. The van der Waals surface area contributed by atoms with Gasteiger partial charge < -0.3 is 10.1 Å². The van der Waals surface area contributed by atoms with Crippen molar-refractivity contribution >= 4 is 11.3 Å². The Bertz CT molecular complexity index is 678. The molecule has 2 N–H and O–H groups in total. The molecular formula is C13H10N6O. The van der Waals surface area contributed by atoms with Gasteiger partial charge in [0.2, 0.25) is 5.82 Å². The molecule has 0 unspecified atom stereocenters. The number of nitrogens with one attached hydrogen (secondary N) is 2. The topological polar surface area (TPSA) is 99.5 Å². The summed E-state index contributed by atoms with van der Waals surface area (Å²) in [5, 5.41) is 25.1. The molecule has 0 aliphatic heterocycles. The van der Waals surface area contributed by atoms with Crippen molar-refractivity contribution < 1.29 is 4.74 Å². The first kappa shape index (κ1) is 13.1. The number of terminal acetylenes is 1. The summed E-state index contributed by atoms with van der Waals surface area (Å²) in [7, 11) is 0.